The van der Waals surface area contributed by atoms with Gasteiger partial charge in [-0.1, -0.05) is 6.92 Å². The van der Waals surface area contributed by atoms with E-state index in [1.807, 2.05) is 6.92 Å². The van der Waals surface area contributed by atoms with Gasteiger partial charge in [-0.2, -0.15) is 0 Å². The number of hydrogen-bond donors (Lipinski definition) is 1. The molecule has 0 saturated carbocycles. The van der Waals surface area contributed by atoms with Crippen molar-refractivity contribution in [2.45, 2.75) is 32.2 Å². The first-order valence-electron chi connectivity index (χ1n) is 5.70. The molecule has 0 spiro atoms. The van der Waals surface area contributed by atoms with Gasteiger partial charge < -0.3 is 10.1 Å². The zero-order chi connectivity index (χ0) is 12.7. The van der Waals surface area contributed by atoms with Gasteiger partial charge in [0.25, 0.3) is 0 Å². The second-order valence-corrected chi connectivity index (χ2v) is 4.10. The van der Waals surface area contributed by atoms with Crippen molar-refractivity contribution in [1.82, 2.24) is 15.3 Å². The molecule has 0 radical (unpaired) electrons. The van der Waals surface area contributed by atoms with Crippen molar-refractivity contribution in [3.8, 4) is 0 Å². The number of carbonyl (C=O) groups excluding carboxylic acids is 1. The van der Waals surface area contributed by atoms with Crippen LogP contribution in [0.4, 0.5) is 0 Å². The molecule has 0 aliphatic heterocycles. The quantitative estimate of drug-likeness (QED) is 0.754. The van der Waals surface area contributed by atoms with Crippen molar-refractivity contribution in [2.75, 3.05) is 13.7 Å². The summed E-state index contributed by atoms with van der Waals surface area (Å²) in [5, 5.41) is 3.32. The second kappa shape index (κ2) is 6.30. The smallest absolute Gasteiger partial charge is 0.307 e. The van der Waals surface area contributed by atoms with Gasteiger partial charge in [-0.15, -0.1) is 0 Å². The molecule has 1 atom stereocenters. The zero-order valence-electron chi connectivity index (χ0n) is 10.6. The summed E-state index contributed by atoms with van der Waals surface area (Å²) in [5.74, 6) is -0.262. The summed E-state index contributed by atoms with van der Waals surface area (Å²) in [6.07, 6.45) is 6.13. The Hall–Kier alpha value is -1.49. The number of ether oxygens (including phenoxy) is 1. The molecular weight excluding hydrogens is 218 g/mol. The molecule has 94 valence electrons. The van der Waals surface area contributed by atoms with Gasteiger partial charge in [-0.05, 0) is 19.9 Å². The van der Waals surface area contributed by atoms with E-state index in [1.54, 1.807) is 18.6 Å². The molecule has 1 aromatic rings. The first-order valence-corrected chi connectivity index (χ1v) is 5.70. The van der Waals surface area contributed by atoms with Crippen molar-refractivity contribution in [3.63, 3.8) is 0 Å². The molecule has 0 aromatic carbocycles. The molecule has 0 amide bonds. The number of rotatable bonds is 6. The summed E-state index contributed by atoms with van der Waals surface area (Å²) in [5.41, 5.74) is 0.219. The van der Waals surface area contributed by atoms with E-state index in [4.69, 9.17) is 4.74 Å². The molecule has 1 N–H and O–H groups in total. The summed E-state index contributed by atoms with van der Waals surface area (Å²) >= 11 is 0. The maximum atomic E-state index is 11.5. The fraction of sp³-hybridized carbons (Fsp3) is 0.583. The summed E-state index contributed by atoms with van der Waals surface area (Å²) in [6.45, 7) is 4.82. The second-order valence-electron chi connectivity index (χ2n) is 4.10. The van der Waals surface area contributed by atoms with Gasteiger partial charge in [0.15, 0.2) is 0 Å². The van der Waals surface area contributed by atoms with E-state index in [9.17, 15) is 4.79 Å². The minimum atomic E-state index is -0.530. The van der Waals surface area contributed by atoms with E-state index in [-0.39, 0.29) is 12.4 Å². The van der Waals surface area contributed by atoms with Gasteiger partial charge in [-0.3, -0.25) is 14.8 Å². The standard InChI is InChI=1S/C12H19N3O2/c1-4-5-15-12(2,8-11(16)17-3)10-9-13-6-7-14-10/h6-7,9,15H,4-5,8H2,1-3H3. The third-order valence-electron chi connectivity index (χ3n) is 2.62. The monoisotopic (exact) mass is 237 g/mol. The van der Waals surface area contributed by atoms with Crippen LogP contribution in [0.3, 0.4) is 0 Å². The molecule has 0 aliphatic rings. The number of methoxy groups -OCH3 is 1. The van der Waals surface area contributed by atoms with Crippen LogP contribution in [0.5, 0.6) is 0 Å². The Morgan fingerprint density at radius 3 is 2.82 bits per heavy atom. The molecule has 1 unspecified atom stereocenters. The highest BCUT2D eigenvalue weighted by Gasteiger charge is 2.30. The van der Waals surface area contributed by atoms with Crippen molar-refractivity contribution in [2.24, 2.45) is 0 Å². The minimum absolute atomic E-state index is 0.238. The number of nitrogens with one attached hydrogen (secondary N) is 1. The lowest BCUT2D eigenvalue weighted by atomic mass is 9.93. The fourth-order valence-electron chi connectivity index (χ4n) is 1.59. The van der Waals surface area contributed by atoms with Crippen LogP contribution >= 0.6 is 0 Å². The van der Waals surface area contributed by atoms with Crippen LogP contribution in [0.15, 0.2) is 18.6 Å². The molecular formula is C12H19N3O2. The Balaban J connectivity index is 2.89. The average molecular weight is 237 g/mol. The van der Waals surface area contributed by atoms with E-state index < -0.39 is 5.54 Å². The van der Waals surface area contributed by atoms with Crippen LogP contribution < -0.4 is 5.32 Å². The number of aromatic nitrogens is 2. The van der Waals surface area contributed by atoms with Gasteiger partial charge in [0.1, 0.15) is 0 Å². The lowest BCUT2D eigenvalue weighted by molar-refractivity contribution is -0.142. The maximum absolute atomic E-state index is 11.5. The molecule has 1 heterocycles. The Kier molecular flexibility index (Phi) is 5.03. The van der Waals surface area contributed by atoms with Crippen molar-refractivity contribution >= 4 is 5.97 Å². The molecule has 0 aliphatic carbocycles. The molecule has 0 saturated heterocycles. The van der Waals surface area contributed by atoms with E-state index in [0.717, 1.165) is 18.7 Å². The predicted molar refractivity (Wildman–Crippen MR) is 64.3 cm³/mol. The van der Waals surface area contributed by atoms with Crippen molar-refractivity contribution in [3.05, 3.63) is 24.3 Å². The van der Waals surface area contributed by atoms with Gasteiger partial charge >= 0.3 is 5.97 Å². The van der Waals surface area contributed by atoms with Crippen LogP contribution in [-0.2, 0) is 15.1 Å². The lowest BCUT2D eigenvalue weighted by Gasteiger charge is -2.28. The number of esters is 1. The maximum Gasteiger partial charge on any atom is 0.307 e. The van der Waals surface area contributed by atoms with E-state index >= 15 is 0 Å². The average Bonchev–Trinajstić information content (AvgIpc) is 2.37. The van der Waals surface area contributed by atoms with Crippen LogP contribution in [0.1, 0.15) is 32.4 Å². The minimum Gasteiger partial charge on any atom is -0.469 e. The number of nitrogens with zero attached hydrogens (tertiary/aromatic N) is 2. The molecule has 5 nitrogen and oxygen atoms in total. The highest BCUT2D eigenvalue weighted by molar-refractivity contribution is 5.70. The van der Waals surface area contributed by atoms with Gasteiger partial charge in [-0.25, -0.2) is 0 Å². The molecule has 1 aromatic heterocycles. The molecule has 17 heavy (non-hydrogen) atoms. The van der Waals surface area contributed by atoms with Crippen LogP contribution in [-0.4, -0.2) is 29.6 Å². The summed E-state index contributed by atoms with van der Waals surface area (Å²) in [4.78, 5) is 19.7. The first kappa shape index (κ1) is 13.6. The Bertz CT molecular complexity index is 356. The normalized spacial score (nSPS) is 14.1. The summed E-state index contributed by atoms with van der Waals surface area (Å²) in [7, 11) is 1.39. The van der Waals surface area contributed by atoms with E-state index in [1.165, 1.54) is 7.11 Å². The summed E-state index contributed by atoms with van der Waals surface area (Å²) in [6, 6.07) is 0. The number of hydrogen-bond acceptors (Lipinski definition) is 5. The fourth-order valence-corrected chi connectivity index (χ4v) is 1.59. The molecule has 0 bridgehead atoms. The molecule has 0 fully saturated rings. The highest BCUT2D eigenvalue weighted by atomic mass is 16.5. The predicted octanol–water partition coefficient (Wildman–Crippen LogP) is 1.25. The van der Waals surface area contributed by atoms with Gasteiger partial charge in [0.05, 0.1) is 31.0 Å². The first-order chi connectivity index (χ1) is 8.12. The molecule has 1 rings (SSSR count). The van der Waals surface area contributed by atoms with Crippen molar-refractivity contribution in [1.29, 1.82) is 0 Å². The number of carbonyl (C=O) groups is 1. The van der Waals surface area contributed by atoms with Crippen molar-refractivity contribution < 1.29 is 9.53 Å². The SMILES string of the molecule is CCCNC(C)(CC(=O)OC)c1cnccn1. The van der Waals surface area contributed by atoms with Crippen LogP contribution in [0, 0.1) is 0 Å². The summed E-state index contributed by atoms with van der Waals surface area (Å²) < 4.78 is 4.72. The largest absolute Gasteiger partial charge is 0.469 e. The third kappa shape index (κ3) is 3.78. The van der Waals surface area contributed by atoms with Crippen LogP contribution in [0.25, 0.3) is 0 Å². The van der Waals surface area contributed by atoms with Gasteiger partial charge in [0.2, 0.25) is 0 Å². The van der Waals surface area contributed by atoms with E-state index in [0.29, 0.717) is 0 Å². The Labute approximate surface area is 102 Å². The highest BCUT2D eigenvalue weighted by Crippen LogP contribution is 2.22. The Morgan fingerprint density at radius 2 is 2.29 bits per heavy atom. The molecule has 5 heteroatoms. The van der Waals surface area contributed by atoms with E-state index in [2.05, 4.69) is 22.2 Å². The van der Waals surface area contributed by atoms with Crippen LogP contribution in [0.2, 0.25) is 0 Å². The lowest BCUT2D eigenvalue weighted by Crippen LogP contribution is -2.42. The topological polar surface area (TPSA) is 64.1 Å². The third-order valence-corrected chi connectivity index (χ3v) is 2.62. The Morgan fingerprint density at radius 1 is 1.53 bits per heavy atom. The van der Waals surface area contributed by atoms with Gasteiger partial charge in [0, 0.05) is 12.4 Å². The zero-order valence-corrected chi connectivity index (χ0v) is 10.6.